The van der Waals surface area contributed by atoms with Gasteiger partial charge in [-0.15, -0.1) is 0 Å². The molecule has 0 bridgehead atoms. The van der Waals surface area contributed by atoms with Gasteiger partial charge < -0.3 is 21.1 Å². The summed E-state index contributed by atoms with van der Waals surface area (Å²) in [7, 11) is 0. The maximum absolute atomic E-state index is 12.4. The number of hydrogen-bond acceptors (Lipinski definition) is 7. The zero-order valence-electron chi connectivity index (χ0n) is 18.8. The average Bonchev–Trinajstić information content (AvgIpc) is 2.83. The third-order valence-electron chi connectivity index (χ3n) is 5.28. The summed E-state index contributed by atoms with van der Waals surface area (Å²) in [5.74, 6) is -1.60. The molecular weight excluding hydrogens is 438 g/mol. The molecule has 9 heteroatoms. The van der Waals surface area contributed by atoms with Gasteiger partial charge in [-0.3, -0.25) is 19.2 Å². The second kappa shape index (κ2) is 10.6. The molecule has 1 atom stereocenters. The number of carboxylic acid groups (broad SMARTS) is 1. The van der Waals surface area contributed by atoms with Crippen LogP contribution < -0.4 is 26.8 Å². The van der Waals surface area contributed by atoms with E-state index in [1.54, 1.807) is 48.5 Å². The lowest BCUT2D eigenvalue weighted by atomic mass is 10.0. The fourth-order valence-electron chi connectivity index (χ4n) is 3.34. The molecule has 1 amide bonds. The first kappa shape index (κ1) is 24.4. The molecular formula is C25H25N3O6. The van der Waals surface area contributed by atoms with Crippen LogP contribution in [0.25, 0.3) is 0 Å². The number of nitrogens with one attached hydrogen (secondary N) is 3. The Morgan fingerprint density at radius 3 is 2.03 bits per heavy atom. The largest absolute Gasteiger partial charge is 0.480 e. The van der Waals surface area contributed by atoms with Crippen molar-refractivity contribution in [3.63, 3.8) is 0 Å². The van der Waals surface area contributed by atoms with Crippen LogP contribution in [0.4, 0.5) is 17.1 Å². The van der Waals surface area contributed by atoms with Crippen LogP contribution in [0.3, 0.4) is 0 Å². The predicted octanol–water partition coefficient (Wildman–Crippen LogP) is 2.67. The molecule has 9 nitrogen and oxygen atoms in total. The number of hydrogen-bond donors (Lipinski definition) is 4. The maximum Gasteiger partial charge on any atom is 0.326 e. The molecule has 3 aromatic rings. The van der Waals surface area contributed by atoms with E-state index in [0.29, 0.717) is 28.9 Å². The molecule has 3 aromatic carbocycles. The van der Waals surface area contributed by atoms with Gasteiger partial charge in [-0.05, 0) is 43.2 Å². The molecule has 0 radical (unpaired) electrons. The predicted molar refractivity (Wildman–Crippen MR) is 130 cm³/mol. The van der Waals surface area contributed by atoms with E-state index in [-0.39, 0.29) is 29.5 Å². The first-order valence-corrected chi connectivity index (χ1v) is 10.8. The highest BCUT2D eigenvalue weighted by Gasteiger charge is 2.26. The molecule has 0 aliphatic heterocycles. The van der Waals surface area contributed by atoms with E-state index in [0.717, 1.165) is 6.42 Å². The summed E-state index contributed by atoms with van der Waals surface area (Å²) >= 11 is 0. The summed E-state index contributed by atoms with van der Waals surface area (Å²) in [5, 5.41) is 17.9. The SMILES string of the molecule is CCCNc1c(NC(Cc2ccc(NC(=O)c3ccc(C(C)=O)cc3)cc2)C(=O)O)c(=O)c1=O. The Labute approximate surface area is 195 Å². The lowest BCUT2D eigenvalue weighted by Gasteiger charge is -2.20. The van der Waals surface area contributed by atoms with E-state index in [9.17, 15) is 29.1 Å². The van der Waals surface area contributed by atoms with Crippen molar-refractivity contribution in [3.8, 4) is 0 Å². The molecule has 0 aliphatic carbocycles. The lowest BCUT2D eigenvalue weighted by molar-refractivity contribution is -0.137. The van der Waals surface area contributed by atoms with Gasteiger partial charge in [0.15, 0.2) is 5.78 Å². The summed E-state index contributed by atoms with van der Waals surface area (Å²) in [6, 6.07) is 11.8. The molecule has 4 N–H and O–H groups in total. The lowest BCUT2D eigenvalue weighted by Crippen LogP contribution is -2.42. The van der Waals surface area contributed by atoms with Gasteiger partial charge in [-0.2, -0.15) is 0 Å². The number of carboxylic acids is 1. The normalized spacial score (nSPS) is 11.6. The van der Waals surface area contributed by atoms with Crippen LogP contribution in [0.15, 0.2) is 58.1 Å². The van der Waals surface area contributed by atoms with Crippen molar-refractivity contribution < 1.29 is 19.5 Å². The maximum atomic E-state index is 12.4. The van der Waals surface area contributed by atoms with Gasteiger partial charge in [0.25, 0.3) is 16.8 Å². The number of rotatable bonds is 11. The standard InChI is InChI=1S/C25H25N3O6/c1-3-12-26-20-21(23(31)22(20)30)28-19(25(33)34)13-15-4-10-18(11-5-15)27-24(32)17-8-6-16(7-9-17)14(2)29/h4-11,19,26,28H,3,12-13H2,1-2H3,(H,27,32)(H,33,34). The molecule has 0 heterocycles. The van der Waals surface area contributed by atoms with Gasteiger partial charge in [0.05, 0.1) is 0 Å². The number of benzene rings is 2. The number of carbonyl (C=O) groups excluding carboxylic acids is 2. The smallest absolute Gasteiger partial charge is 0.326 e. The Bertz CT molecular complexity index is 1270. The Hall–Kier alpha value is -4.27. The van der Waals surface area contributed by atoms with Gasteiger partial charge in [-0.25, -0.2) is 4.79 Å². The minimum Gasteiger partial charge on any atom is -0.480 e. The van der Waals surface area contributed by atoms with E-state index in [1.807, 2.05) is 6.92 Å². The molecule has 1 unspecified atom stereocenters. The van der Waals surface area contributed by atoms with Crippen LogP contribution in [-0.2, 0) is 11.2 Å². The third kappa shape index (κ3) is 5.55. The first-order valence-electron chi connectivity index (χ1n) is 10.8. The van der Waals surface area contributed by atoms with Gasteiger partial charge >= 0.3 is 5.97 Å². The minimum absolute atomic E-state index is 0.00877. The highest BCUT2D eigenvalue weighted by Crippen LogP contribution is 2.19. The van der Waals surface area contributed by atoms with E-state index >= 15 is 0 Å². The Morgan fingerprint density at radius 2 is 1.47 bits per heavy atom. The number of carbonyl (C=O) groups is 3. The Kier molecular flexibility index (Phi) is 7.57. The summed E-state index contributed by atoms with van der Waals surface area (Å²) < 4.78 is 0. The molecule has 0 aliphatic rings. The van der Waals surface area contributed by atoms with E-state index in [4.69, 9.17) is 0 Å². The fourth-order valence-corrected chi connectivity index (χ4v) is 3.34. The highest BCUT2D eigenvalue weighted by molar-refractivity contribution is 6.05. The van der Waals surface area contributed by atoms with Crippen LogP contribution in [0, 0.1) is 0 Å². The second-order valence-corrected chi connectivity index (χ2v) is 7.86. The molecule has 0 spiro atoms. The number of amides is 1. The summed E-state index contributed by atoms with van der Waals surface area (Å²) in [4.78, 5) is 59.2. The third-order valence-corrected chi connectivity index (χ3v) is 5.28. The molecule has 34 heavy (non-hydrogen) atoms. The van der Waals surface area contributed by atoms with E-state index < -0.39 is 22.9 Å². The molecule has 0 saturated heterocycles. The minimum atomic E-state index is -1.17. The van der Waals surface area contributed by atoms with Crippen molar-refractivity contribution in [1.82, 2.24) is 0 Å². The van der Waals surface area contributed by atoms with Crippen molar-refractivity contribution in [1.29, 1.82) is 0 Å². The molecule has 0 fully saturated rings. The fraction of sp³-hybridized carbons (Fsp3) is 0.240. The van der Waals surface area contributed by atoms with Crippen molar-refractivity contribution >= 4 is 34.7 Å². The van der Waals surface area contributed by atoms with Crippen molar-refractivity contribution in [2.45, 2.75) is 32.7 Å². The van der Waals surface area contributed by atoms with Gasteiger partial charge in [0.2, 0.25) is 0 Å². The monoisotopic (exact) mass is 463 g/mol. The molecule has 3 rings (SSSR count). The first-order chi connectivity index (χ1) is 16.2. The highest BCUT2D eigenvalue weighted by atomic mass is 16.4. The van der Waals surface area contributed by atoms with E-state index in [2.05, 4.69) is 16.0 Å². The van der Waals surface area contributed by atoms with Crippen LogP contribution >= 0.6 is 0 Å². The van der Waals surface area contributed by atoms with Gasteiger partial charge in [0.1, 0.15) is 17.4 Å². The van der Waals surface area contributed by atoms with Gasteiger partial charge in [0, 0.05) is 29.8 Å². The summed E-state index contributed by atoms with van der Waals surface area (Å²) in [6.45, 7) is 3.84. The van der Waals surface area contributed by atoms with Crippen LogP contribution in [-0.4, -0.2) is 35.4 Å². The van der Waals surface area contributed by atoms with Gasteiger partial charge in [-0.1, -0.05) is 31.2 Å². The second-order valence-electron chi connectivity index (χ2n) is 7.86. The van der Waals surface area contributed by atoms with Crippen molar-refractivity contribution in [2.75, 3.05) is 22.5 Å². The molecule has 176 valence electrons. The van der Waals surface area contributed by atoms with Crippen molar-refractivity contribution in [2.24, 2.45) is 0 Å². The number of aliphatic carboxylic acids is 1. The summed E-state index contributed by atoms with van der Waals surface area (Å²) in [6.07, 6.45) is 0.801. The summed E-state index contributed by atoms with van der Waals surface area (Å²) in [5.41, 5.74) is 0.792. The molecule has 0 saturated carbocycles. The Balaban J connectivity index is 1.65. The number of anilines is 3. The zero-order valence-corrected chi connectivity index (χ0v) is 18.8. The van der Waals surface area contributed by atoms with Crippen molar-refractivity contribution in [3.05, 3.63) is 85.7 Å². The number of ketones is 1. The molecule has 0 aromatic heterocycles. The average molecular weight is 463 g/mol. The number of Topliss-reactive ketones (excluding diaryl/α,β-unsaturated/α-hetero) is 1. The van der Waals surface area contributed by atoms with Crippen LogP contribution in [0.5, 0.6) is 0 Å². The Morgan fingerprint density at radius 1 is 0.882 bits per heavy atom. The zero-order chi connectivity index (χ0) is 24.8. The quantitative estimate of drug-likeness (QED) is 0.251. The van der Waals surface area contributed by atoms with Crippen LogP contribution in [0.1, 0.15) is 46.5 Å². The topological polar surface area (TPSA) is 142 Å². The van der Waals surface area contributed by atoms with E-state index in [1.165, 1.54) is 6.92 Å². The van der Waals surface area contributed by atoms with Crippen LogP contribution in [0.2, 0.25) is 0 Å².